The maximum atomic E-state index is 6.22. The molecule has 0 amide bonds. The van der Waals surface area contributed by atoms with Crippen LogP contribution in [0, 0.1) is 5.41 Å². The predicted molar refractivity (Wildman–Crippen MR) is 91.8 cm³/mol. The lowest BCUT2D eigenvalue weighted by Gasteiger charge is -2.60. The number of hydrogen-bond donors (Lipinski definition) is 1. The summed E-state index contributed by atoms with van der Waals surface area (Å²) in [5.74, 6) is 1.46. The molecule has 2 fully saturated rings. The largest absolute Gasteiger partial charge is 0.480 e. The second-order valence-electron chi connectivity index (χ2n) is 6.45. The molecule has 2 aromatic rings. The first kappa shape index (κ1) is 15.3. The van der Waals surface area contributed by atoms with Crippen LogP contribution in [0.1, 0.15) is 12.8 Å². The van der Waals surface area contributed by atoms with Crippen molar-refractivity contribution in [2.75, 3.05) is 32.1 Å². The molecule has 3 heterocycles. The molecule has 7 nitrogen and oxygen atoms in total. The maximum absolute atomic E-state index is 6.22. The Labute approximate surface area is 144 Å². The minimum atomic E-state index is 0.414. The van der Waals surface area contributed by atoms with Gasteiger partial charge in [-0.25, -0.2) is 9.29 Å². The minimum absolute atomic E-state index is 0.414. The molecule has 1 saturated heterocycles. The third-order valence-electron chi connectivity index (χ3n) is 5.03. The molecule has 2 aliphatic rings. The Hall–Kier alpha value is -1.22. The molecule has 1 aliphatic heterocycles. The van der Waals surface area contributed by atoms with Crippen molar-refractivity contribution in [3.8, 4) is 5.88 Å². The molecule has 0 aromatic carbocycles. The number of nitrogens with two attached hydrogens (primary N) is 1. The number of ether oxygens (including phenoxy) is 1. The van der Waals surface area contributed by atoms with Crippen LogP contribution in [-0.4, -0.2) is 52.2 Å². The van der Waals surface area contributed by atoms with Crippen molar-refractivity contribution in [1.29, 1.82) is 0 Å². The highest BCUT2D eigenvalue weighted by molar-refractivity contribution is 7.94. The summed E-state index contributed by atoms with van der Waals surface area (Å²) in [4.78, 5) is 6.75. The van der Waals surface area contributed by atoms with Gasteiger partial charge in [0.15, 0.2) is 5.82 Å². The first-order valence-electron chi connectivity index (χ1n) is 7.48. The second-order valence-corrected chi connectivity index (χ2v) is 7.65. The van der Waals surface area contributed by atoms with E-state index in [1.165, 1.54) is 25.0 Å². The Morgan fingerprint density at radius 2 is 2.22 bits per heavy atom. The summed E-state index contributed by atoms with van der Waals surface area (Å²) in [5.41, 5.74) is 1.30. The van der Waals surface area contributed by atoms with Gasteiger partial charge < -0.3 is 9.64 Å². The van der Waals surface area contributed by atoms with Gasteiger partial charge in [-0.2, -0.15) is 9.61 Å². The lowest BCUT2D eigenvalue weighted by Crippen LogP contribution is -2.66. The summed E-state index contributed by atoms with van der Waals surface area (Å²) < 4.78 is 9.17. The first-order valence-corrected chi connectivity index (χ1v) is 8.69. The van der Waals surface area contributed by atoms with E-state index >= 15 is 0 Å². The zero-order valence-corrected chi connectivity index (χ0v) is 14.6. The highest BCUT2D eigenvalue weighted by Gasteiger charge is 2.54. The van der Waals surface area contributed by atoms with Gasteiger partial charge in [0.2, 0.25) is 5.88 Å². The van der Waals surface area contributed by atoms with Crippen LogP contribution in [0.5, 0.6) is 5.88 Å². The number of fused-ring (bicyclic) bond motifs is 1. The molecule has 0 radical (unpaired) electrons. The van der Waals surface area contributed by atoms with Crippen LogP contribution in [0.4, 0.5) is 5.82 Å². The van der Waals surface area contributed by atoms with Crippen molar-refractivity contribution >= 4 is 35.1 Å². The van der Waals surface area contributed by atoms with E-state index < -0.39 is 0 Å². The SMILES string of the molecule is COc1c(Cl)cc2c(N3CC4(CC(N(C)SN)C4)C3)ncnn12. The number of anilines is 1. The molecule has 2 aromatic heterocycles. The summed E-state index contributed by atoms with van der Waals surface area (Å²) in [6.07, 6.45) is 3.93. The standard InChI is InChI=1S/C14H19ClN6OS/c1-19(23-16)9-4-14(5-9)6-20(7-14)12-11-3-10(15)13(22-2)21(11)18-8-17-12/h3,8-9H,4-7,16H2,1-2H3. The molecule has 1 spiro atoms. The average Bonchev–Trinajstić information content (AvgIpc) is 2.79. The molecule has 0 bridgehead atoms. The van der Waals surface area contributed by atoms with Crippen molar-refractivity contribution in [2.24, 2.45) is 10.6 Å². The normalized spacial score (nSPS) is 20.1. The van der Waals surface area contributed by atoms with Crippen LogP contribution < -0.4 is 14.8 Å². The fourth-order valence-corrected chi connectivity index (χ4v) is 4.39. The number of rotatable bonds is 4. The topological polar surface area (TPSA) is 71.9 Å². The molecular weight excluding hydrogens is 336 g/mol. The fourth-order valence-electron chi connectivity index (χ4n) is 3.81. The molecular formula is C14H19ClN6OS. The lowest BCUT2D eigenvalue weighted by atomic mass is 9.60. The maximum Gasteiger partial charge on any atom is 0.234 e. The van der Waals surface area contributed by atoms with Gasteiger partial charge in [0.25, 0.3) is 0 Å². The van der Waals surface area contributed by atoms with Gasteiger partial charge in [-0.15, -0.1) is 0 Å². The van der Waals surface area contributed by atoms with Crippen molar-refractivity contribution in [2.45, 2.75) is 18.9 Å². The van der Waals surface area contributed by atoms with Gasteiger partial charge >= 0.3 is 0 Å². The fraction of sp³-hybridized carbons (Fsp3) is 0.571. The zero-order chi connectivity index (χ0) is 16.2. The highest BCUT2D eigenvalue weighted by Crippen LogP contribution is 2.52. The highest BCUT2D eigenvalue weighted by atomic mass is 35.5. The molecule has 124 valence electrons. The number of methoxy groups -OCH3 is 1. The number of hydrogen-bond acceptors (Lipinski definition) is 7. The van der Waals surface area contributed by atoms with Crippen LogP contribution in [0.2, 0.25) is 5.02 Å². The van der Waals surface area contributed by atoms with Gasteiger partial charge in [0.05, 0.1) is 7.11 Å². The number of aromatic nitrogens is 3. The van der Waals surface area contributed by atoms with E-state index in [1.807, 2.05) is 6.07 Å². The summed E-state index contributed by atoms with van der Waals surface area (Å²) in [5, 5.41) is 10.4. The number of nitrogens with zero attached hydrogens (tertiary/aromatic N) is 5. The lowest BCUT2D eigenvalue weighted by molar-refractivity contribution is 0.0240. The van der Waals surface area contributed by atoms with Crippen molar-refractivity contribution in [3.05, 3.63) is 17.4 Å². The molecule has 9 heteroatoms. The molecule has 23 heavy (non-hydrogen) atoms. The summed E-state index contributed by atoms with van der Waals surface area (Å²) in [7, 11) is 3.65. The molecule has 1 aliphatic carbocycles. The quantitative estimate of drug-likeness (QED) is 0.839. The van der Waals surface area contributed by atoms with Gasteiger partial charge in [0, 0.05) is 36.7 Å². The Bertz CT molecular complexity index is 738. The third kappa shape index (κ3) is 2.27. The first-order chi connectivity index (χ1) is 11.1. The van der Waals surface area contributed by atoms with Crippen molar-refractivity contribution < 1.29 is 4.74 Å². The summed E-state index contributed by atoms with van der Waals surface area (Å²) in [6, 6.07) is 2.45. The second kappa shape index (κ2) is 5.41. The van der Waals surface area contributed by atoms with E-state index in [1.54, 1.807) is 18.0 Å². The van der Waals surface area contributed by atoms with E-state index in [0.29, 0.717) is 22.4 Å². The molecule has 0 atom stereocenters. The molecule has 4 rings (SSSR count). The summed E-state index contributed by atoms with van der Waals surface area (Å²) in [6.45, 7) is 2.04. The van der Waals surface area contributed by atoms with Crippen LogP contribution >= 0.6 is 23.7 Å². The Balaban J connectivity index is 1.52. The van der Waals surface area contributed by atoms with Gasteiger partial charge in [-0.3, -0.25) is 5.14 Å². The summed E-state index contributed by atoms with van der Waals surface area (Å²) >= 11 is 7.54. The monoisotopic (exact) mass is 354 g/mol. The van der Waals surface area contributed by atoms with E-state index in [-0.39, 0.29) is 0 Å². The smallest absolute Gasteiger partial charge is 0.234 e. The van der Waals surface area contributed by atoms with Crippen LogP contribution in [0.25, 0.3) is 5.52 Å². The molecule has 2 N–H and O–H groups in total. The Kier molecular flexibility index (Phi) is 3.60. The van der Waals surface area contributed by atoms with Gasteiger partial charge in [0.1, 0.15) is 16.9 Å². The molecule has 0 unspecified atom stereocenters. The van der Waals surface area contributed by atoms with Crippen LogP contribution in [0.15, 0.2) is 12.4 Å². The van der Waals surface area contributed by atoms with Gasteiger partial charge in [-0.05, 0) is 26.0 Å². The minimum Gasteiger partial charge on any atom is -0.480 e. The van der Waals surface area contributed by atoms with Crippen molar-refractivity contribution in [3.63, 3.8) is 0 Å². The van der Waals surface area contributed by atoms with Gasteiger partial charge in [-0.1, -0.05) is 11.6 Å². The Morgan fingerprint density at radius 3 is 2.87 bits per heavy atom. The van der Waals surface area contributed by atoms with Crippen LogP contribution in [-0.2, 0) is 0 Å². The van der Waals surface area contributed by atoms with Crippen molar-refractivity contribution in [1.82, 2.24) is 18.9 Å². The average molecular weight is 355 g/mol. The zero-order valence-electron chi connectivity index (χ0n) is 13.1. The predicted octanol–water partition coefficient (Wildman–Crippen LogP) is 1.81. The number of halogens is 1. The van der Waals surface area contributed by atoms with E-state index in [2.05, 4.69) is 26.3 Å². The van der Waals surface area contributed by atoms with E-state index in [0.717, 1.165) is 24.4 Å². The Morgan fingerprint density at radius 1 is 1.48 bits per heavy atom. The third-order valence-corrected chi connectivity index (χ3v) is 5.93. The van der Waals surface area contributed by atoms with E-state index in [9.17, 15) is 0 Å². The molecule has 1 saturated carbocycles. The van der Waals surface area contributed by atoms with E-state index in [4.69, 9.17) is 21.5 Å². The van der Waals surface area contributed by atoms with Crippen LogP contribution in [0.3, 0.4) is 0 Å².